The Morgan fingerprint density at radius 3 is 2.87 bits per heavy atom. The lowest BCUT2D eigenvalue weighted by atomic mass is 10.2. The third-order valence-electron chi connectivity index (χ3n) is 3.17. The monoisotopic (exact) mass is 326 g/mol. The van der Waals surface area contributed by atoms with Crippen molar-refractivity contribution >= 4 is 18.4 Å². The van der Waals surface area contributed by atoms with Crippen LogP contribution in [0.4, 0.5) is 0 Å². The molecule has 0 amide bonds. The van der Waals surface area contributed by atoms with E-state index in [0.29, 0.717) is 10.6 Å². The van der Waals surface area contributed by atoms with Crippen molar-refractivity contribution in [2.45, 2.75) is 0 Å². The summed E-state index contributed by atoms with van der Waals surface area (Å²) in [6.07, 6.45) is 1.61. The van der Waals surface area contributed by atoms with Gasteiger partial charge in [-0.2, -0.15) is 14.9 Å². The second kappa shape index (κ2) is 6.45. The summed E-state index contributed by atoms with van der Waals surface area (Å²) < 4.78 is 7.12. The Hall–Kier alpha value is -2.93. The van der Waals surface area contributed by atoms with E-state index in [1.165, 1.54) is 4.68 Å². The third kappa shape index (κ3) is 3.29. The Bertz CT molecular complexity index is 914. The van der Waals surface area contributed by atoms with Crippen LogP contribution in [0.2, 0.25) is 0 Å². The maximum atomic E-state index is 9.49. The lowest BCUT2D eigenvalue weighted by Gasteiger charge is -2.04. The van der Waals surface area contributed by atoms with Crippen molar-refractivity contribution < 1.29 is 9.84 Å². The molecule has 0 fully saturated rings. The average Bonchev–Trinajstić information content (AvgIpc) is 2.94. The van der Waals surface area contributed by atoms with E-state index >= 15 is 0 Å². The van der Waals surface area contributed by atoms with Crippen LogP contribution in [0.1, 0.15) is 5.56 Å². The lowest BCUT2D eigenvalue weighted by Crippen LogP contribution is -1.95. The predicted molar refractivity (Wildman–Crippen MR) is 90.5 cm³/mol. The number of phenolic OH excluding ortho intramolecular Hbond substituents is 1. The Morgan fingerprint density at radius 2 is 2.09 bits per heavy atom. The molecule has 3 aromatic rings. The molecular formula is C16H14N4O2S. The number of H-pyrrole nitrogens is 1. The first-order valence-electron chi connectivity index (χ1n) is 6.82. The molecule has 0 saturated carbocycles. The van der Waals surface area contributed by atoms with E-state index in [0.717, 1.165) is 16.9 Å². The topological polar surface area (TPSA) is 75.4 Å². The number of nitrogens with one attached hydrogen (secondary N) is 1. The molecule has 1 aromatic heterocycles. The zero-order valence-electron chi connectivity index (χ0n) is 12.3. The van der Waals surface area contributed by atoms with Gasteiger partial charge in [-0.05, 0) is 42.0 Å². The van der Waals surface area contributed by atoms with Crippen molar-refractivity contribution in [3.8, 4) is 22.9 Å². The van der Waals surface area contributed by atoms with Crippen molar-refractivity contribution in [3.63, 3.8) is 0 Å². The minimum absolute atomic E-state index is 0.178. The lowest BCUT2D eigenvalue weighted by molar-refractivity contribution is 0.415. The van der Waals surface area contributed by atoms with Crippen molar-refractivity contribution in [3.05, 3.63) is 58.9 Å². The molecule has 2 aromatic carbocycles. The molecule has 0 aliphatic heterocycles. The minimum Gasteiger partial charge on any atom is -0.508 e. The van der Waals surface area contributed by atoms with Crippen LogP contribution < -0.4 is 4.74 Å². The number of aromatic hydroxyl groups is 1. The fourth-order valence-electron chi connectivity index (χ4n) is 2.08. The highest BCUT2D eigenvalue weighted by atomic mass is 32.1. The van der Waals surface area contributed by atoms with E-state index in [1.54, 1.807) is 31.5 Å². The van der Waals surface area contributed by atoms with Crippen LogP contribution in [-0.4, -0.2) is 33.3 Å². The van der Waals surface area contributed by atoms with Crippen molar-refractivity contribution in [1.29, 1.82) is 0 Å². The van der Waals surface area contributed by atoms with E-state index in [4.69, 9.17) is 17.0 Å². The Labute approximate surface area is 137 Å². The molecule has 7 heteroatoms. The normalized spacial score (nSPS) is 11.0. The second-order valence-corrected chi connectivity index (χ2v) is 5.12. The molecule has 6 nitrogen and oxygen atoms in total. The van der Waals surface area contributed by atoms with Gasteiger partial charge >= 0.3 is 0 Å². The van der Waals surface area contributed by atoms with Crippen LogP contribution >= 0.6 is 12.2 Å². The molecule has 2 N–H and O–H groups in total. The molecule has 0 unspecified atom stereocenters. The summed E-state index contributed by atoms with van der Waals surface area (Å²) in [6, 6.07) is 14.3. The molecule has 0 aliphatic carbocycles. The van der Waals surface area contributed by atoms with Gasteiger partial charge in [-0.3, -0.25) is 0 Å². The fourth-order valence-corrected chi connectivity index (χ4v) is 2.26. The van der Waals surface area contributed by atoms with Crippen LogP contribution in [0.25, 0.3) is 11.4 Å². The zero-order valence-corrected chi connectivity index (χ0v) is 13.1. The molecule has 3 rings (SSSR count). The first kappa shape index (κ1) is 15.0. The van der Waals surface area contributed by atoms with E-state index in [1.807, 2.05) is 30.3 Å². The highest BCUT2D eigenvalue weighted by Gasteiger charge is 2.08. The molecule has 0 saturated heterocycles. The summed E-state index contributed by atoms with van der Waals surface area (Å²) in [5, 5.41) is 20.8. The van der Waals surface area contributed by atoms with Gasteiger partial charge in [-0.1, -0.05) is 24.3 Å². The number of benzene rings is 2. The Kier molecular flexibility index (Phi) is 4.20. The number of nitrogens with zero attached hydrogens (tertiary/aromatic N) is 3. The molecule has 0 bridgehead atoms. The number of ether oxygens (including phenoxy) is 1. The summed E-state index contributed by atoms with van der Waals surface area (Å²) in [4.78, 5) is 0. The summed E-state index contributed by atoms with van der Waals surface area (Å²) in [5.74, 6) is 1.47. The van der Waals surface area contributed by atoms with E-state index in [9.17, 15) is 5.11 Å². The third-order valence-corrected chi connectivity index (χ3v) is 3.44. The van der Waals surface area contributed by atoms with Crippen LogP contribution in [0.3, 0.4) is 0 Å². The summed E-state index contributed by atoms with van der Waals surface area (Å²) in [5.41, 5.74) is 1.58. The quantitative estimate of drug-likeness (QED) is 0.570. The van der Waals surface area contributed by atoms with Gasteiger partial charge in [0.2, 0.25) is 4.77 Å². The molecule has 1 heterocycles. The number of hydrogen-bond acceptors (Lipinski definition) is 5. The van der Waals surface area contributed by atoms with Gasteiger partial charge in [0.1, 0.15) is 11.5 Å². The molecule has 0 aliphatic rings. The molecule has 0 spiro atoms. The summed E-state index contributed by atoms with van der Waals surface area (Å²) >= 11 is 5.23. The minimum atomic E-state index is 0.178. The first-order valence-corrected chi connectivity index (χ1v) is 7.23. The fraction of sp³-hybridized carbons (Fsp3) is 0.0625. The van der Waals surface area contributed by atoms with Gasteiger partial charge in [0, 0.05) is 5.56 Å². The van der Waals surface area contributed by atoms with Gasteiger partial charge in [-0.15, -0.1) is 0 Å². The average molecular weight is 326 g/mol. The maximum absolute atomic E-state index is 9.49. The number of phenols is 1. The van der Waals surface area contributed by atoms with E-state index in [2.05, 4.69) is 15.3 Å². The second-order valence-electron chi connectivity index (χ2n) is 4.74. The smallest absolute Gasteiger partial charge is 0.216 e. The number of methoxy groups -OCH3 is 1. The molecule has 23 heavy (non-hydrogen) atoms. The van der Waals surface area contributed by atoms with Crippen LogP contribution in [-0.2, 0) is 0 Å². The van der Waals surface area contributed by atoms with Gasteiger partial charge in [0.25, 0.3) is 0 Å². The van der Waals surface area contributed by atoms with Crippen molar-refractivity contribution in [1.82, 2.24) is 14.9 Å². The SMILES string of the molecule is COc1cccc(-c2n[nH]c(=S)n2/N=C/c2cccc(O)c2)c1. The molecule has 0 radical (unpaired) electrons. The number of aromatic nitrogens is 3. The molecular weight excluding hydrogens is 312 g/mol. The van der Waals surface area contributed by atoms with Gasteiger partial charge in [0.15, 0.2) is 5.82 Å². The Balaban J connectivity index is 2.00. The number of aromatic amines is 1. The van der Waals surface area contributed by atoms with E-state index in [-0.39, 0.29) is 5.75 Å². The summed E-state index contributed by atoms with van der Waals surface area (Å²) in [6.45, 7) is 0. The van der Waals surface area contributed by atoms with Gasteiger partial charge in [-0.25, -0.2) is 5.10 Å². The van der Waals surface area contributed by atoms with E-state index < -0.39 is 0 Å². The van der Waals surface area contributed by atoms with Crippen LogP contribution in [0, 0.1) is 4.77 Å². The van der Waals surface area contributed by atoms with Crippen molar-refractivity contribution in [2.75, 3.05) is 7.11 Å². The van der Waals surface area contributed by atoms with Crippen molar-refractivity contribution in [2.24, 2.45) is 5.10 Å². The van der Waals surface area contributed by atoms with Gasteiger partial charge in [0.05, 0.1) is 13.3 Å². The molecule has 0 atom stereocenters. The largest absolute Gasteiger partial charge is 0.508 e. The number of hydrogen-bond donors (Lipinski definition) is 2. The molecule has 116 valence electrons. The Morgan fingerprint density at radius 1 is 1.26 bits per heavy atom. The highest BCUT2D eigenvalue weighted by molar-refractivity contribution is 7.71. The standard InChI is InChI=1S/C16H14N4O2S/c1-22-14-7-3-5-12(9-14)15-18-19-16(23)20(15)17-10-11-4-2-6-13(21)8-11/h2-10,21H,1H3,(H,19,23)/b17-10+. The van der Waals surface area contributed by atoms with Gasteiger partial charge < -0.3 is 9.84 Å². The van der Waals surface area contributed by atoms with Crippen LogP contribution in [0.5, 0.6) is 11.5 Å². The predicted octanol–water partition coefficient (Wildman–Crippen LogP) is 3.20. The highest BCUT2D eigenvalue weighted by Crippen LogP contribution is 2.22. The summed E-state index contributed by atoms with van der Waals surface area (Å²) in [7, 11) is 1.61. The van der Waals surface area contributed by atoms with Crippen LogP contribution in [0.15, 0.2) is 53.6 Å². The first-order chi connectivity index (χ1) is 11.2. The zero-order chi connectivity index (χ0) is 16.2. The maximum Gasteiger partial charge on any atom is 0.216 e. The number of rotatable bonds is 4.